The smallest absolute Gasteiger partial charge is 0.352 e. The number of amides is 1. The summed E-state index contributed by atoms with van der Waals surface area (Å²) in [5.74, 6) is -1.12. The summed E-state index contributed by atoms with van der Waals surface area (Å²) >= 11 is 0. The number of ether oxygens (including phenoxy) is 1. The van der Waals surface area contributed by atoms with Crippen LogP contribution in [0.5, 0.6) is 0 Å². The number of aromatic nitrogens is 3. The quantitative estimate of drug-likeness (QED) is 0.553. The Labute approximate surface area is 177 Å². The van der Waals surface area contributed by atoms with E-state index in [1.807, 2.05) is 6.92 Å². The van der Waals surface area contributed by atoms with Gasteiger partial charge in [-0.05, 0) is 43.2 Å². The van der Waals surface area contributed by atoms with Crippen molar-refractivity contribution in [1.82, 2.24) is 19.7 Å². The summed E-state index contributed by atoms with van der Waals surface area (Å²) in [6.45, 7) is 2.51. The first-order valence-corrected chi connectivity index (χ1v) is 9.73. The van der Waals surface area contributed by atoms with Crippen LogP contribution in [-0.2, 0) is 11.3 Å². The molecule has 0 saturated carbocycles. The van der Waals surface area contributed by atoms with Gasteiger partial charge in [0.05, 0.1) is 12.2 Å². The minimum Gasteiger partial charge on any atom is -0.385 e. The first-order chi connectivity index (χ1) is 14.9. The Morgan fingerprint density at radius 3 is 2.42 bits per heavy atom. The molecule has 8 nitrogen and oxygen atoms in total. The lowest BCUT2D eigenvalue weighted by Gasteiger charge is -2.12. The van der Waals surface area contributed by atoms with Crippen molar-refractivity contribution in [1.29, 1.82) is 0 Å². The first kappa shape index (κ1) is 22.1. The van der Waals surface area contributed by atoms with Crippen LogP contribution in [0, 0.1) is 12.7 Å². The van der Waals surface area contributed by atoms with Crippen molar-refractivity contribution in [3.05, 3.63) is 92.0 Å². The van der Waals surface area contributed by atoms with E-state index in [-0.39, 0.29) is 13.1 Å². The zero-order valence-electron chi connectivity index (χ0n) is 17.3. The third-order valence-corrected chi connectivity index (χ3v) is 4.62. The van der Waals surface area contributed by atoms with Crippen molar-refractivity contribution in [3.8, 4) is 5.69 Å². The summed E-state index contributed by atoms with van der Waals surface area (Å²) in [5, 5.41) is 6.68. The van der Waals surface area contributed by atoms with E-state index in [0.717, 1.165) is 14.8 Å². The van der Waals surface area contributed by atoms with Crippen LogP contribution in [0.2, 0.25) is 0 Å². The minimum atomic E-state index is -0.818. The van der Waals surface area contributed by atoms with E-state index in [1.54, 1.807) is 31.4 Å². The predicted octanol–water partition coefficient (Wildman–Crippen LogP) is 1.66. The second-order valence-corrected chi connectivity index (χ2v) is 7.00. The van der Waals surface area contributed by atoms with Crippen molar-refractivity contribution >= 4 is 5.91 Å². The molecule has 162 valence electrons. The average molecular weight is 426 g/mol. The van der Waals surface area contributed by atoms with Gasteiger partial charge in [0.1, 0.15) is 5.82 Å². The molecule has 1 N–H and O–H groups in total. The molecule has 31 heavy (non-hydrogen) atoms. The van der Waals surface area contributed by atoms with Gasteiger partial charge in [0.15, 0.2) is 0 Å². The molecule has 3 rings (SSSR count). The van der Waals surface area contributed by atoms with Gasteiger partial charge in [0.2, 0.25) is 5.69 Å². The predicted molar refractivity (Wildman–Crippen MR) is 113 cm³/mol. The lowest BCUT2D eigenvalue weighted by atomic mass is 10.2. The molecule has 0 saturated heterocycles. The van der Waals surface area contributed by atoms with Gasteiger partial charge >= 0.3 is 5.69 Å². The van der Waals surface area contributed by atoms with Crippen LogP contribution in [0.1, 0.15) is 28.0 Å². The van der Waals surface area contributed by atoms with Gasteiger partial charge in [-0.1, -0.05) is 29.8 Å². The molecular weight excluding hydrogens is 403 g/mol. The van der Waals surface area contributed by atoms with Crippen molar-refractivity contribution in [3.63, 3.8) is 0 Å². The summed E-state index contributed by atoms with van der Waals surface area (Å²) in [6, 6.07) is 12.4. The van der Waals surface area contributed by atoms with E-state index in [1.165, 1.54) is 24.3 Å². The number of nitrogens with zero attached hydrogens (tertiary/aromatic N) is 3. The summed E-state index contributed by atoms with van der Waals surface area (Å²) < 4.78 is 20.1. The van der Waals surface area contributed by atoms with Crippen LogP contribution >= 0.6 is 0 Å². The summed E-state index contributed by atoms with van der Waals surface area (Å²) in [6.07, 6.45) is 0.559. The lowest BCUT2D eigenvalue weighted by Crippen LogP contribution is -2.46. The van der Waals surface area contributed by atoms with Gasteiger partial charge < -0.3 is 10.1 Å². The summed E-state index contributed by atoms with van der Waals surface area (Å²) in [4.78, 5) is 38.7. The number of carbonyl (C=O) groups excluding carboxylic acids is 1. The van der Waals surface area contributed by atoms with Gasteiger partial charge in [-0.15, -0.1) is 0 Å². The number of halogens is 1. The third kappa shape index (κ3) is 5.32. The lowest BCUT2D eigenvalue weighted by molar-refractivity contribution is 0.0938. The molecule has 1 heterocycles. The van der Waals surface area contributed by atoms with Crippen molar-refractivity contribution in [2.45, 2.75) is 19.9 Å². The Hall–Kier alpha value is -3.59. The van der Waals surface area contributed by atoms with Crippen LogP contribution in [0.4, 0.5) is 4.39 Å². The molecule has 0 aliphatic carbocycles. The Bertz CT molecular complexity index is 1170. The van der Waals surface area contributed by atoms with Gasteiger partial charge in [-0.2, -0.15) is 9.78 Å². The normalized spacial score (nSPS) is 10.8. The van der Waals surface area contributed by atoms with E-state index >= 15 is 0 Å². The zero-order chi connectivity index (χ0) is 22.4. The van der Waals surface area contributed by atoms with E-state index < -0.39 is 28.7 Å². The standard InChI is InChI=1S/C22H23FN4O4/c1-15-4-10-18(11-5-15)27-22(30)26(14-16-6-8-17(23)9-7-16)21(29)19(25-27)20(28)24-12-3-13-31-2/h4-11H,3,12-14H2,1-2H3,(H,24,28). The molecule has 0 aliphatic rings. The van der Waals surface area contributed by atoms with E-state index in [9.17, 15) is 18.8 Å². The Kier molecular flexibility index (Phi) is 7.09. The molecule has 0 unspecified atom stereocenters. The van der Waals surface area contributed by atoms with Gasteiger partial charge in [-0.3, -0.25) is 14.2 Å². The van der Waals surface area contributed by atoms with Crippen LogP contribution in [0.3, 0.4) is 0 Å². The number of aryl methyl sites for hydroxylation is 1. The largest absolute Gasteiger partial charge is 0.385 e. The SMILES string of the molecule is COCCCNC(=O)c1nn(-c2ccc(C)cc2)c(=O)n(Cc2ccc(F)cc2)c1=O. The van der Waals surface area contributed by atoms with Gasteiger partial charge in [0.25, 0.3) is 11.5 Å². The Morgan fingerprint density at radius 1 is 1.10 bits per heavy atom. The average Bonchev–Trinajstić information content (AvgIpc) is 2.76. The maximum atomic E-state index is 13.2. The fraction of sp³-hybridized carbons (Fsp3) is 0.273. The molecule has 1 amide bonds. The molecule has 0 bridgehead atoms. The van der Waals surface area contributed by atoms with E-state index in [4.69, 9.17) is 4.74 Å². The molecule has 1 aromatic heterocycles. The van der Waals surface area contributed by atoms with Crippen molar-refractivity contribution in [2.24, 2.45) is 0 Å². The fourth-order valence-electron chi connectivity index (χ4n) is 2.93. The van der Waals surface area contributed by atoms with Crippen LogP contribution in [0.25, 0.3) is 5.69 Å². The van der Waals surface area contributed by atoms with Crippen LogP contribution in [0.15, 0.2) is 58.1 Å². The Balaban J connectivity index is 2.07. The Morgan fingerprint density at radius 2 is 1.77 bits per heavy atom. The minimum absolute atomic E-state index is 0.129. The number of nitrogens with one attached hydrogen (secondary N) is 1. The molecular formula is C22H23FN4O4. The maximum absolute atomic E-state index is 13.2. The van der Waals surface area contributed by atoms with Gasteiger partial charge in [-0.25, -0.2) is 9.18 Å². The molecule has 9 heteroatoms. The van der Waals surface area contributed by atoms with Crippen molar-refractivity contribution < 1.29 is 13.9 Å². The number of benzene rings is 2. The van der Waals surface area contributed by atoms with E-state index in [2.05, 4.69) is 10.4 Å². The second kappa shape index (κ2) is 9.94. The molecule has 3 aromatic rings. The summed E-state index contributed by atoms with van der Waals surface area (Å²) in [7, 11) is 1.55. The molecule has 0 aliphatic heterocycles. The van der Waals surface area contributed by atoms with Crippen molar-refractivity contribution in [2.75, 3.05) is 20.3 Å². The van der Waals surface area contributed by atoms with Crippen LogP contribution in [-0.4, -0.2) is 40.5 Å². The van der Waals surface area contributed by atoms with Crippen LogP contribution < -0.4 is 16.6 Å². The topological polar surface area (TPSA) is 95.2 Å². The van der Waals surface area contributed by atoms with Gasteiger partial charge in [0, 0.05) is 20.3 Å². The number of hydrogen-bond acceptors (Lipinski definition) is 5. The molecule has 0 spiro atoms. The first-order valence-electron chi connectivity index (χ1n) is 9.73. The maximum Gasteiger partial charge on any atom is 0.352 e. The molecule has 0 fully saturated rings. The number of hydrogen-bond donors (Lipinski definition) is 1. The summed E-state index contributed by atoms with van der Waals surface area (Å²) in [5.41, 5.74) is 0.00823. The number of methoxy groups -OCH3 is 1. The highest BCUT2D eigenvalue weighted by atomic mass is 19.1. The molecule has 0 atom stereocenters. The highest BCUT2D eigenvalue weighted by Crippen LogP contribution is 2.07. The third-order valence-electron chi connectivity index (χ3n) is 4.62. The monoisotopic (exact) mass is 426 g/mol. The molecule has 0 radical (unpaired) electrons. The zero-order valence-corrected chi connectivity index (χ0v) is 17.3. The highest BCUT2D eigenvalue weighted by molar-refractivity contribution is 5.91. The number of carbonyl (C=O) groups is 1. The number of rotatable bonds is 8. The molecule has 2 aromatic carbocycles. The van der Waals surface area contributed by atoms with E-state index in [0.29, 0.717) is 24.3 Å². The fourth-order valence-corrected chi connectivity index (χ4v) is 2.93. The second-order valence-electron chi connectivity index (χ2n) is 7.00. The highest BCUT2D eigenvalue weighted by Gasteiger charge is 2.20.